The molecule has 1 aromatic carbocycles. The zero-order valence-corrected chi connectivity index (χ0v) is 13.7. The lowest BCUT2D eigenvalue weighted by Crippen LogP contribution is -2.56. The first kappa shape index (κ1) is 15.5. The van der Waals surface area contributed by atoms with Crippen LogP contribution in [0.4, 0.5) is 4.39 Å². The van der Waals surface area contributed by atoms with Crippen molar-refractivity contribution in [2.75, 3.05) is 6.54 Å². The van der Waals surface area contributed by atoms with Gasteiger partial charge in [-0.3, -0.25) is 15.1 Å². The molecule has 0 saturated carbocycles. The van der Waals surface area contributed by atoms with Crippen LogP contribution in [0.2, 0.25) is 5.02 Å². The Kier molecular flexibility index (Phi) is 3.58. The highest BCUT2D eigenvalue weighted by molar-refractivity contribution is 6.31. The lowest BCUT2D eigenvalue weighted by atomic mass is 9.61. The van der Waals surface area contributed by atoms with E-state index < -0.39 is 11.9 Å². The van der Waals surface area contributed by atoms with Crippen LogP contribution < -0.4 is 11.1 Å². The molecule has 3 aliphatic rings. The quantitative estimate of drug-likeness (QED) is 0.865. The van der Waals surface area contributed by atoms with Gasteiger partial charge in [0.25, 0.3) is 0 Å². The summed E-state index contributed by atoms with van der Waals surface area (Å²) >= 11 is 6.33. The monoisotopic (exact) mass is 345 g/mol. The van der Waals surface area contributed by atoms with Crippen molar-refractivity contribution < 1.29 is 9.18 Å². The molecule has 2 heterocycles. The van der Waals surface area contributed by atoms with E-state index in [0.717, 1.165) is 29.8 Å². The topological polar surface area (TPSA) is 67.5 Å². The van der Waals surface area contributed by atoms with E-state index in [1.807, 2.05) is 18.2 Å². The van der Waals surface area contributed by atoms with Gasteiger partial charge in [-0.25, -0.2) is 4.39 Å². The minimum atomic E-state index is -0.485. The second-order valence-corrected chi connectivity index (χ2v) is 6.87. The average molecular weight is 346 g/mol. The van der Waals surface area contributed by atoms with Crippen molar-refractivity contribution in [1.29, 1.82) is 0 Å². The molecule has 3 N–H and O–H groups in total. The van der Waals surface area contributed by atoms with Gasteiger partial charge in [0.1, 0.15) is 5.82 Å². The highest BCUT2D eigenvalue weighted by atomic mass is 35.5. The maximum absolute atomic E-state index is 13.5. The molecule has 4 nitrogen and oxygen atoms in total. The molecule has 1 spiro atoms. The van der Waals surface area contributed by atoms with Crippen LogP contribution in [0.5, 0.6) is 0 Å². The Morgan fingerprint density at radius 3 is 3.04 bits per heavy atom. The molecule has 24 heavy (non-hydrogen) atoms. The molecule has 1 aliphatic carbocycles. The number of benzene rings is 1. The number of aliphatic imine (C=N–C) groups is 1. The third kappa shape index (κ3) is 2.15. The van der Waals surface area contributed by atoms with Crippen LogP contribution in [0, 0.1) is 11.2 Å². The summed E-state index contributed by atoms with van der Waals surface area (Å²) in [7, 11) is 0. The van der Waals surface area contributed by atoms with Gasteiger partial charge < -0.3 is 5.73 Å². The predicted molar refractivity (Wildman–Crippen MR) is 91.5 cm³/mol. The number of nitrogens with two attached hydrogens (primary N) is 1. The summed E-state index contributed by atoms with van der Waals surface area (Å²) in [5.41, 5.74) is 8.10. The number of allylic oxidation sites excluding steroid dienone is 3. The number of hydrogen-bond acceptors (Lipinski definition) is 3. The maximum atomic E-state index is 13.5. The van der Waals surface area contributed by atoms with Crippen molar-refractivity contribution in [3.8, 4) is 0 Å². The van der Waals surface area contributed by atoms with Crippen LogP contribution in [0.1, 0.15) is 24.4 Å². The number of hydrogen-bond donors (Lipinski definition) is 2. The van der Waals surface area contributed by atoms with Crippen LogP contribution in [-0.2, 0) is 4.79 Å². The first-order valence-electron chi connectivity index (χ1n) is 7.95. The minimum absolute atomic E-state index is 0.269. The fourth-order valence-corrected chi connectivity index (χ4v) is 4.45. The van der Waals surface area contributed by atoms with E-state index >= 15 is 0 Å². The molecule has 3 atom stereocenters. The Labute approximate surface area is 144 Å². The Balaban J connectivity index is 1.88. The molecule has 0 bridgehead atoms. The number of amides is 1. The van der Waals surface area contributed by atoms with E-state index in [9.17, 15) is 9.18 Å². The molecule has 124 valence electrons. The molecule has 2 aliphatic heterocycles. The lowest BCUT2D eigenvalue weighted by molar-refractivity contribution is -0.120. The van der Waals surface area contributed by atoms with Crippen molar-refractivity contribution in [3.05, 3.63) is 58.4 Å². The smallest absolute Gasteiger partial charge is 0.234 e. The van der Waals surface area contributed by atoms with Crippen molar-refractivity contribution in [2.45, 2.75) is 24.9 Å². The number of halogens is 2. The van der Waals surface area contributed by atoms with Gasteiger partial charge in [-0.1, -0.05) is 35.4 Å². The number of primary amides is 1. The fourth-order valence-electron chi connectivity index (χ4n) is 4.18. The third-order valence-corrected chi connectivity index (χ3v) is 5.60. The Hall–Kier alpha value is -1.98. The zero-order chi connectivity index (χ0) is 16.9. The summed E-state index contributed by atoms with van der Waals surface area (Å²) in [6.07, 6.45) is 7.40. The van der Waals surface area contributed by atoms with Gasteiger partial charge in [-0.15, -0.1) is 0 Å². The van der Waals surface area contributed by atoms with Crippen molar-refractivity contribution in [2.24, 2.45) is 16.1 Å². The zero-order valence-electron chi connectivity index (χ0n) is 12.9. The second-order valence-electron chi connectivity index (χ2n) is 6.46. The van der Waals surface area contributed by atoms with E-state index in [2.05, 4.69) is 10.3 Å². The van der Waals surface area contributed by atoms with Gasteiger partial charge in [0.05, 0.1) is 11.5 Å². The van der Waals surface area contributed by atoms with Crippen LogP contribution in [-0.4, -0.2) is 24.2 Å². The van der Waals surface area contributed by atoms with Gasteiger partial charge in [-0.2, -0.15) is 0 Å². The molecule has 2 unspecified atom stereocenters. The summed E-state index contributed by atoms with van der Waals surface area (Å²) in [6.45, 7) is 0.718. The van der Waals surface area contributed by atoms with Gasteiger partial charge in [0.15, 0.2) is 0 Å². The van der Waals surface area contributed by atoms with Crippen molar-refractivity contribution in [1.82, 2.24) is 5.32 Å². The largest absolute Gasteiger partial charge is 0.368 e. The number of piperidine rings is 1. The van der Waals surface area contributed by atoms with Crippen molar-refractivity contribution >= 4 is 23.2 Å². The number of rotatable bonds is 2. The second kappa shape index (κ2) is 5.53. The van der Waals surface area contributed by atoms with Crippen LogP contribution in [0.3, 0.4) is 0 Å². The molecule has 1 aromatic rings. The first-order valence-corrected chi connectivity index (χ1v) is 8.33. The SMILES string of the molecule is NC(=O)[C@@H]1CC2=CC=CC3=NCCC23C(c2ccc(F)cc2Cl)N1. The summed E-state index contributed by atoms with van der Waals surface area (Å²) in [6, 6.07) is 3.62. The molecule has 0 radical (unpaired) electrons. The van der Waals surface area contributed by atoms with Gasteiger partial charge >= 0.3 is 0 Å². The van der Waals surface area contributed by atoms with E-state index in [4.69, 9.17) is 17.3 Å². The maximum Gasteiger partial charge on any atom is 0.234 e. The first-order chi connectivity index (χ1) is 11.5. The van der Waals surface area contributed by atoms with Gasteiger partial charge in [0.2, 0.25) is 5.91 Å². The van der Waals surface area contributed by atoms with E-state index in [-0.39, 0.29) is 17.3 Å². The van der Waals surface area contributed by atoms with Crippen LogP contribution in [0.15, 0.2) is 47.0 Å². The summed E-state index contributed by atoms with van der Waals surface area (Å²) in [5.74, 6) is -0.789. The molecule has 0 aromatic heterocycles. The number of carbonyl (C=O) groups excluding carboxylic acids is 1. The number of carbonyl (C=O) groups is 1. The summed E-state index contributed by atoms with van der Waals surface area (Å²) in [4.78, 5) is 16.5. The summed E-state index contributed by atoms with van der Waals surface area (Å²) < 4.78 is 13.5. The minimum Gasteiger partial charge on any atom is -0.368 e. The molecule has 1 saturated heterocycles. The molecule has 1 fully saturated rings. The standard InChI is InChI=1S/C18H17ClFN3O/c19-13-9-11(20)4-5-12(13)16-18-6-7-22-15(18)3-1-2-10(18)8-14(23-16)17(21)24/h1-5,9,14,16,23H,6-8H2,(H2,21,24)/t14-,16?,18?/m0/s1. The van der Waals surface area contributed by atoms with E-state index in [1.165, 1.54) is 12.1 Å². The van der Waals surface area contributed by atoms with Crippen LogP contribution in [0.25, 0.3) is 0 Å². The van der Waals surface area contributed by atoms with Gasteiger partial charge in [0, 0.05) is 23.3 Å². The molecule has 6 heteroatoms. The van der Waals surface area contributed by atoms with Crippen LogP contribution >= 0.6 is 11.6 Å². The highest BCUT2D eigenvalue weighted by Gasteiger charge is 2.53. The summed E-state index contributed by atoms with van der Waals surface area (Å²) in [5, 5.41) is 3.69. The Morgan fingerprint density at radius 1 is 1.46 bits per heavy atom. The Bertz CT molecular complexity index is 816. The lowest BCUT2D eigenvalue weighted by Gasteiger charge is -2.48. The normalized spacial score (nSPS) is 31.1. The van der Waals surface area contributed by atoms with E-state index in [1.54, 1.807) is 6.07 Å². The number of nitrogens with one attached hydrogen (secondary N) is 1. The highest BCUT2D eigenvalue weighted by Crippen LogP contribution is 2.54. The number of nitrogens with zero attached hydrogens (tertiary/aromatic N) is 1. The molecular weight excluding hydrogens is 329 g/mol. The molecule has 1 amide bonds. The fraction of sp³-hybridized carbons (Fsp3) is 0.333. The molecular formula is C18H17ClFN3O. The predicted octanol–water partition coefficient (Wildman–Crippen LogP) is 2.69. The Morgan fingerprint density at radius 2 is 2.29 bits per heavy atom. The van der Waals surface area contributed by atoms with Gasteiger partial charge in [-0.05, 0) is 36.6 Å². The van der Waals surface area contributed by atoms with Crippen molar-refractivity contribution in [3.63, 3.8) is 0 Å². The van der Waals surface area contributed by atoms with E-state index in [0.29, 0.717) is 11.4 Å². The average Bonchev–Trinajstić information content (AvgIpc) is 2.97. The third-order valence-electron chi connectivity index (χ3n) is 5.27. The molecule has 4 rings (SSSR count).